The second-order valence-corrected chi connectivity index (χ2v) is 7.14. The van der Waals surface area contributed by atoms with Crippen LogP contribution < -0.4 is 4.90 Å². The van der Waals surface area contributed by atoms with Gasteiger partial charge in [0.2, 0.25) is 0 Å². The number of halogens is 1. The third-order valence-electron chi connectivity index (χ3n) is 3.88. The Morgan fingerprint density at radius 1 is 1.38 bits per heavy atom. The van der Waals surface area contributed by atoms with Gasteiger partial charge in [0.15, 0.2) is 0 Å². The summed E-state index contributed by atoms with van der Waals surface area (Å²) in [5.41, 5.74) is 0. The Bertz CT molecular complexity index is 596. The van der Waals surface area contributed by atoms with Gasteiger partial charge in [-0.25, -0.2) is 9.97 Å². The Labute approximate surface area is 137 Å². The second-order valence-electron chi connectivity index (χ2n) is 5.23. The molecule has 4 nitrogen and oxygen atoms in total. The van der Waals surface area contributed by atoms with Crippen molar-refractivity contribution in [1.29, 1.82) is 0 Å². The number of ether oxygens (including phenoxy) is 1. The summed E-state index contributed by atoms with van der Waals surface area (Å²) < 4.78 is 5.82. The van der Waals surface area contributed by atoms with Gasteiger partial charge in [0.25, 0.3) is 0 Å². The summed E-state index contributed by atoms with van der Waals surface area (Å²) in [5.74, 6) is 1.09. The predicted octanol–water partition coefficient (Wildman–Crippen LogP) is 3.63. The average molecular weight is 370 g/mol. The van der Waals surface area contributed by atoms with Gasteiger partial charge in [-0.2, -0.15) is 0 Å². The molecule has 1 fully saturated rings. The van der Waals surface area contributed by atoms with E-state index in [0.29, 0.717) is 6.10 Å². The van der Waals surface area contributed by atoms with Gasteiger partial charge in [0, 0.05) is 23.3 Å². The maximum atomic E-state index is 5.82. The standard InChI is InChI=1S/C15H20BrN3OS/c1-2-12-9-13-14(17-10-18-15(13)21-12)19-6-3-11(4-7-19)20-8-5-16/h9-11H,2-8H2,1H3. The highest BCUT2D eigenvalue weighted by atomic mass is 79.9. The number of piperidine rings is 1. The molecule has 3 heterocycles. The third-order valence-corrected chi connectivity index (χ3v) is 5.39. The van der Waals surface area contributed by atoms with Crippen LogP contribution in [0.2, 0.25) is 0 Å². The number of rotatable bonds is 5. The first-order valence-electron chi connectivity index (χ1n) is 7.47. The molecule has 0 aromatic carbocycles. The van der Waals surface area contributed by atoms with Crippen LogP contribution >= 0.6 is 27.3 Å². The van der Waals surface area contributed by atoms with E-state index in [-0.39, 0.29) is 0 Å². The first-order valence-corrected chi connectivity index (χ1v) is 9.41. The fourth-order valence-electron chi connectivity index (χ4n) is 2.76. The molecule has 0 unspecified atom stereocenters. The average Bonchev–Trinajstić information content (AvgIpc) is 2.96. The highest BCUT2D eigenvalue weighted by molar-refractivity contribution is 9.09. The Morgan fingerprint density at radius 3 is 2.90 bits per heavy atom. The van der Waals surface area contributed by atoms with Gasteiger partial charge < -0.3 is 9.64 Å². The van der Waals surface area contributed by atoms with E-state index >= 15 is 0 Å². The maximum Gasteiger partial charge on any atom is 0.140 e. The van der Waals surface area contributed by atoms with E-state index in [4.69, 9.17) is 4.74 Å². The Balaban J connectivity index is 1.74. The molecule has 0 bridgehead atoms. The van der Waals surface area contributed by atoms with E-state index in [1.807, 2.05) is 0 Å². The molecular formula is C15H20BrN3OS. The van der Waals surface area contributed by atoms with Gasteiger partial charge in [-0.1, -0.05) is 22.9 Å². The lowest BCUT2D eigenvalue weighted by Crippen LogP contribution is -2.37. The van der Waals surface area contributed by atoms with Crippen LogP contribution in [0.15, 0.2) is 12.4 Å². The lowest BCUT2D eigenvalue weighted by atomic mass is 10.1. The van der Waals surface area contributed by atoms with E-state index in [9.17, 15) is 0 Å². The van der Waals surface area contributed by atoms with Crippen molar-refractivity contribution in [2.45, 2.75) is 32.3 Å². The van der Waals surface area contributed by atoms with E-state index in [1.165, 1.54) is 10.3 Å². The van der Waals surface area contributed by atoms with Crippen molar-refractivity contribution in [1.82, 2.24) is 9.97 Å². The van der Waals surface area contributed by atoms with Crippen LogP contribution in [0.5, 0.6) is 0 Å². The van der Waals surface area contributed by atoms with Gasteiger partial charge in [-0.15, -0.1) is 11.3 Å². The molecule has 1 aliphatic rings. The molecule has 0 radical (unpaired) electrons. The van der Waals surface area contributed by atoms with Crippen LogP contribution in [0.1, 0.15) is 24.6 Å². The number of fused-ring (bicyclic) bond motifs is 1. The van der Waals surface area contributed by atoms with Gasteiger partial charge >= 0.3 is 0 Å². The summed E-state index contributed by atoms with van der Waals surface area (Å²) in [6.07, 6.45) is 5.29. The minimum atomic E-state index is 0.393. The van der Waals surface area contributed by atoms with E-state index in [0.717, 1.165) is 54.9 Å². The zero-order valence-corrected chi connectivity index (χ0v) is 14.6. The molecule has 1 saturated heterocycles. The van der Waals surface area contributed by atoms with Crippen molar-refractivity contribution in [3.05, 3.63) is 17.3 Å². The minimum Gasteiger partial charge on any atom is -0.377 e. The van der Waals surface area contributed by atoms with E-state index < -0.39 is 0 Å². The largest absolute Gasteiger partial charge is 0.377 e. The molecule has 0 amide bonds. The first kappa shape index (κ1) is 15.2. The smallest absolute Gasteiger partial charge is 0.140 e. The Kier molecular flexibility index (Phi) is 5.08. The summed E-state index contributed by atoms with van der Waals surface area (Å²) in [7, 11) is 0. The fraction of sp³-hybridized carbons (Fsp3) is 0.600. The molecule has 2 aromatic heterocycles. The molecule has 3 rings (SSSR count). The van der Waals surface area contributed by atoms with Crippen molar-refractivity contribution in [2.24, 2.45) is 0 Å². The quantitative estimate of drug-likeness (QED) is 0.754. The number of alkyl halides is 1. The predicted molar refractivity (Wildman–Crippen MR) is 91.8 cm³/mol. The lowest BCUT2D eigenvalue weighted by molar-refractivity contribution is 0.0480. The van der Waals surface area contributed by atoms with Crippen LogP contribution in [0, 0.1) is 0 Å². The molecular weight excluding hydrogens is 350 g/mol. The highest BCUT2D eigenvalue weighted by Gasteiger charge is 2.22. The monoisotopic (exact) mass is 369 g/mol. The lowest BCUT2D eigenvalue weighted by Gasteiger charge is -2.32. The molecule has 114 valence electrons. The number of hydrogen-bond acceptors (Lipinski definition) is 5. The SMILES string of the molecule is CCc1cc2c(N3CCC(OCCBr)CC3)ncnc2s1. The highest BCUT2D eigenvalue weighted by Crippen LogP contribution is 2.31. The summed E-state index contributed by atoms with van der Waals surface area (Å²) >= 11 is 5.19. The number of nitrogens with zero attached hydrogens (tertiary/aromatic N) is 3. The second kappa shape index (κ2) is 7.03. The van der Waals surface area contributed by atoms with Gasteiger partial charge in [0.1, 0.15) is 17.0 Å². The molecule has 0 spiro atoms. The molecule has 0 aliphatic carbocycles. The summed E-state index contributed by atoms with van der Waals surface area (Å²) in [6, 6.07) is 2.25. The van der Waals surface area contributed by atoms with Crippen molar-refractivity contribution in [3.8, 4) is 0 Å². The van der Waals surface area contributed by atoms with Crippen LogP contribution in [0.25, 0.3) is 10.2 Å². The topological polar surface area (TPSA) is 38.2 Å². The van der Waals surface area contributed by atoms with Crippen molar-refractivity contribution in [3.63, 3.8) is 0 Å². The number of anilines is 1. The van der Waals surface area contributed by atoms with Crippen molar-refractivity contribution >= 4 is 43.3 Å². The summed E-state index contributed by atoms with van der Waals surface area (Å²) in [5, 5.41) is 2.12. The van der Waals surface area contributed by atoms with Crippen molar-refractivity contribution in [2.75, 3.05) is 29.9 Å². The van der Waals surface area contributed by atoms with E-state index in [1.54, 1.807) is 17.7 Å². The number of aryl methyl sites for hydroxylation is 1. The molecule has 0 atom stereocenters. The zero-order valence-electron chi connectivity index (χ0n) is 12.2. The third kappa shape index (κ3) is 3.38. The zero-order chi connectivity index (χ0) is 14.7. The van der Waals surface area contributed by atoms with Crippen LogP contribution in [0.3, 0.4) is 0 Å². The molecule has 0 N–H and O–H groups in total. The van der Waals surface area contributed by atoms with Gasteiger partial charge in [-0.05, 0) is 25.3 Å². The molecule has 21 heavy (non-hydrogen) atoms. The molecule has 1 aliphatic heterocycles. The number of thiophene rings is 1. The summed E-state index contributed by atoms with van der Waals surface area (Å²) in [6.45, 7) is 5.00. The maximum absolute atomic E-state index is 5.82. The Morgan fingerprint density at radius 2 is 2.19 bits per heavy atom. The summed E-state index contributed by atoms with van der Waals surface area (Å²) in [4.78, 5) is 13.8. The van der Waals surface area contributed by atoms with Crippen LogP contribution in [-0.2, 0) is 11.2 Å². The van der Waals surface area contributed by atoms with Crippen LogP contribution in [0.4, 0.5) is 5.82 Å². The van der Waals surface area contributed by atoms with Gasteiger partial charge in [0.05, 0.1) is 18.1 Å². The van der Waals surface area contributed by atoms with Crippen molar-refractivity contribution < 1.29 is 4.74 Å². The Hall–Kier alpha value is -0.720. The number of hydrogen-bond donors (Lipinski definition) is 0. The molecule has 0 saturated carbocycles. The first-order chi connectivity index (χ1) is 10.3. The van der Waals surface area contributed by atoms with Crippen LogP contribution in [-0.4, -0.2) is 41.1 Å². The van der Waals surface area contributed by atoms with Gasteiger partial charge in [-0.3, -0.25) is 0 Å². The minimum absolute atomic E-state index is 0.393. The van der Waals surface area contributed by atoms with E-state index in [2.05, 4.69) is 43.8 Å². The molecule has 6 heteroatoms. The number of aromatic nitrogens is 2. The molecule has 2 aromatic rings. The fourth-order valence-corrected chi connectivity index (χ4v) is 3.88. The normalized spacial score (nSPS) is 16.8.